The lowest BCUT2D eigenvalue weighted by Gasteiger charge is -2.30. The van der Waals surface area contributed by atoms with E-state index in [0.717, 1.165) is 18.7 Å². The molecule has 0 spiro atoms. The van der Waals surface area contributed by atoms with E-state index in [9.17, 15) is 4.79 Å². The molecule has 7 nitrogen and oxygen atoms in total. The van der Waals surface area contributed by atoms with Gasteiger partial charge in [-0.05, 0) is 65.6 Å². The number of ether oxygens (including phenoxy) is 1. The molecule has 1 aliphatic rings. The Kier molecular flexibility index (Phi) is 6.97. The predicted molar refractivity (Wildman–Crippen MR) is 134 cm³/mol. The summed E-state index contributed by atoms with van der Waals surface area (Å²) in [4.78, 5) is 23.7. The highest BCUT2D eigenvalue weighted by Gasteiger charge is 2.22. The molecule has 0 radical (unpaired) electrons. The second-order valence-electron chi connectivity index (χ2n) is 9.03. The van der Waals surface area contributed by atoms with Gasteiger partial charge in [0.1, 0.15) is 5.82 Å². The van der Waals surface area contributed by atoms with Crippen molar-refractivity contribution >= 4 is 12.4 Å². The molecule has 2 aromatic heterocycles. The van der Waals surface area contributed by atoms with Crippen LogP contribution >= 0.6 is 0 Å². The molecule has 0 aliphatic carbocycles. The fraction of sp³-hybridized carbons (Fsp3) is 0.423. The molecule has 1 aliphatic heterocycles. The monoisotopic (exact) mass is 465 g/mol. The topological polar surface area (TPSA) is 64.7 Å². The Morgan fingerprint density at radius 2 is 2.00 bits per heavy atom. The zero-order chi connectivity index (χ0) is 24.4. The third-order valence-electron chi connectivity index (χ3n) is 6.47. The SMILES string of the molecule is C=Nc1cc(F)c(-c2ccc(OCCCN3CCC3)nc2)cc1-c1c(C)n(C)c(=O)n1C(C)C. The van der Waals surface area contributed by atoms with Crippen molar-refractivity contribution in [1.29, 1.82) is 0 Å². The number of hydrogen-bond acceptors (Lipinski definition) is 5. The molecule has 3 aromatic rings. The quantitative estimate of drug-likeness (QED) is 0.338. The van der Waals surface area contributed by atoms with Crippen molar-refractivity contribution in [2.75, 3.05) is 26.2 Å². The van der Waals surface area contributed by atoms with Crippen molar-refractivity contribution in [2.45, 2.75) is 39.7 Å². The summed E-state index contributed by atoms with van der Waals surface area (Å²) in [6, 6.07) is 6.57. The molecular weight excluding hydrogens is 433 g/mol. The van der Waals surface area contributed by atoms with Crippen LogP contribution in [0.15, 0.2) is 40.2 Å². The van der Waals surface area contributed by atoms with Crippen LogP contribution in [0.5, 0.6) is 5.88 Å². The highest BCUT2D eigenvalue weighted by atomic mass is 19.1. The molecule has 1 fully saturated rings. The molecule has 0 amide bonds. The van der Waals surface area contributed by atoms with E-state index in [1.54, 1.807) is 40.6 Å². The summed E-state index contributed by atoms with van der Waals surface area (Å²) in [6.07, 6.45) is 3.85. The summed E-state index contributed by atoms with van der Waals surface area (Å²) < 4.78 is 24.2. The summed E-state index contributed by atoms with van der Waals surface area (Å²) in [5.74, 6) is 0.0908. The number of nitrogens with zero attached hydrogens (tertiary/aromatic N) is 5. The minimum atomic E-state index is -0.428. The van der Waals surface area contributed by atoms with E-state index >= 15 is 4.39 Å². The molecule has 0 saturated carbocycles. The number of imidazole rings is 1. The fourth-order valence-electron chi connectivity index (χ4n) is 4.34. The number of aromatic nitrogens is 3. The van der Waals surface area contributed by atoms with Crippen LogP contribution < -0.4 is 10.4 Å². The fourth-order valence-corrected chi connectivity index (χ4v) is 4.34. The summed E-state index contributed by atoms with van der Waals surface area (Å²) in [6.45, 7) is 13.4. The maximum absolute atomic E-state index is 15.1. The third-order valence-corrected chi connectivity index (χ3v) is 6.47. The molecule has 0 N–H and O–H groups in total. The van der Waals surface area contributed by atoms with Crippen molar-refractivity contribution in [1.82, 2.24) is 19.0 Å². The number of likely N-dealkylation sites (tertiary alicyclic amines) is 1. The average Bonchev–Trinajstić information content (AvgIpc) is 3.02. The highest BCUT2D eigenvalue weighted by molar-refractivity contribution is 5.82. The summed E-state index contributed by atoms with van der Waals surface area (Å²) in [5.41, 5.74) is 3.41. The third kappa shape index (κ3) is 4.55. The Morgan fingerprint density at radius 1 is 1.24 bits per heavy atom. The van der Waals surface area contributed by atoms with Crippen LogP contribution in [0.25, 0.3) is 22.4 Å². The van der Waals surface area contributed by atoms with Gasteiger partial charge in [0.15, 0.2) is 0 Å². The van der Waals surface area contributed by atoms with Gasteiger partial charge >= 0.3 is 5.69 Å². The minimum Gasteiger partial charge on any atom is -0.478 e. The van der Waals surface area contributed by atoms with Gasteiger partial charge in [-0.2, -0.15) is 0 Å². The first-order valence-electron chi connectivity index (χ1n) is 11.7. The number of pyridine rings is 1. The van der Waals surface area contributed by atoms with Crippen molar-refractivity contribution in [3.63, 3.8) is 0 Å². The van der Waals surface area contributed by atoms with Gasteiger partial charge in [0.05, 0.1) is 18.0 Å². The molecule has 3 heterocycles. The van der Waals surface area contributed by atoms with E-state index in [1.807, 2.05) is 20.8 Å². The highest BCUT2D eigenvalue weighted by Crippen LogP contribution is 2.38. The molecule has 0 atom stereocenters. The molecule has 34 heavy (non-hydrogen) atoms. The number of rotatable bonds is 9. The van der Waals surface area contributed by atoms with Crippen molar-refractivity contribution < 1.29 is 9.13 Å². The van der Waals surface area contributed by atoms with Crippen molar-refractivity contribution in [2.24, 2.45) is 12.0 Å². The van der Waals surface area contributed by atoms with E-state index in [1.165, 1.54) is 25.6 Å². The van der Waals surface area contributed by atoms with Crippen LogP contribution in [0.3, 0.4) is 0 Å². The first-order valence-corrected chi connectivity index (χ1v) is 11.7. The molecule has 1 aromatic carbocycles. The Bertz CT molecular complexity index is 1240. The van der Waals surface area contributed by atoms with Crippen molar-refractivity contribution in [3.8, 4) is 28.3 Å². The van der Waals surface area contributed by atoms with Gasteiger partial charge < -0.3 is 9.64 Å². The molecule has 1 saturated heterocycles. The second-order valence-corrected chi connectivity index (χ2v) is 9.03. The smallest absolute Gasteiger partial charge is 0.328 e. The lowest BCUT2D eigenvalue weighted by atomic mass is 9.99. The number of benzene rings is 1. The lowest BCUT2D eigenvalue weighted by Crippen LogP contribution is -2.38. The zero-order valence-electron chi connectivity index (χ0n) is 20.3. The second kappa shape index (κ2) is 9.93. The van der Waals surface area contributed by atoms with Gasteiger partial charge in [0, 0.05) is 60.3 Å². The number of aliphatic imine (C=N–C) groups is 1. The van der Waals surface area contributed by atoms with E-state index in [0.29, 0.717) is 40.6 Å². The Hall–Kier alpha value is -3.26. The normalized spacial score (nSPS) is 13.8. The van der Waals surface area contributed by atoms with Crippen molar-refractivity contribution in [3.05, 3.63) is 52.5 Å². The van der Waals surface area contributed by atoms with Gasteiger partial charge in [-0.3, -0.25) is 14.1 Å². The Balaban J connectivity index is 1.64. The molecule has 4 rings (SSSR count). The standard InChI is InChI=1S/C26H32FN5O2/c1-17(2)32-25(18(3)30(5)26(32)33)21-14-20(22(27)15-23(21)28-4)19-8-9-24(29-16-19)34-13-7-12-31-10-6-11-31/h8-9,14-17H,4,6-7,10-13H2,1-3,5H3. The van der Waals surface area contributed by atoms with E-state index in [-0.39, 0.29) is 11.7 Å². The van der Waals surface area contributed by atoms with Gasteiger partial charge in [-0.1, -0.05) is 0 Å². The molecular formula is C26H32FN5O2. The minimum absolute atomic E-state index is 0.0761. The first-order chi connectivity index (χ1) is 16.3. The van der Waals surface area contributed by atoms with Crippen LogP contribution in [0.1, 0.15) is 38.4 Å². The number of hydrogen-bond donors (Lipinski definition) is 0. The van der Waals surface area contributed by atoms with Gasteiger partial charge in [0.25, 0.3) is 0 Å². The Labute approximate surface area is 199 Å². The maximum atomic E-state index is 15.1. The first kappa shape index (κ1) is 23.9. The predicted octanol–water partition coefficient (Wildman–Crippen LogP) is 4.75. The van der Waals surface area contributed by atoms with E-state index in [2.05, 4.69) is 21.6 Å². The van der Waals surface area contributed by atoms with E-state index < -0.39 is 5.82 Å². The summed E-state index contributed by atoms with van der Waals surface area (Å²) in [5, 5.41) is 0. The molecule has 0 bridgehead atoms. The van der Waals surface area contributed by atoms with Crippen LogP contribution in [-0.2, 0) is 7.05 Å². The largest absolute Gasteiger partial charge is 0.478 e. The average molecular weight is 466 g/mol. The summed E-state index contributed by atoms with van der Waals surface area (Å²) >= 11 is 0. The van der Waals surface area contributed by atoms with Crippen LogP contribution in [-0.4, -0.2) is 52.0 Å². The van der Waals surface area contributed by atoms with Crippen LogP contribution in [0.2, 0.25) is 0 Å². The maximum Gasteiger partial charge on any atom is 0.328 e. The molecule has 180 valence electrons. The number of halogens is 1. The Morgan fingerprint density at radius 3 is 2.59 bits per heavy atom. The lowest BCUT2D eigenvalue weighted by molar-refractivity contribution is 0.164. The molecule has 0 unspecified atom stereocenters. The zero-order valence-corrected chi connectivity index (χ0v) is 20.3. The van der Waals surface area contributed by atoms with Crippen LogP contribution in [0.4, 0.5) is 10.1 Å². The van der Waals surface area contributed by atoms with Crippen LogP contribution in [0, 0.1) is 12.7 Å². The van der Waals surface area contributed by atoms with Gasteiger partial charge in [-0.15, -0.1) is 0 Å². The van der Waals surface area contributed by atoms with Gasteiger partial charge in [0.2, 0.25) is 5.88 Å². The molecule has 8 heteroatoms. The van der Waals surface area contributed by atoms with Gasteiger partial charge in [-0.25, -0.2) is 14.2 Å². The summed E-state index contributed by atoms with van der Waals surface area (Å²) in [7, 11) is 1.73. The van der Waals surface area contributed by atoms with E-state index in [4.69, 9.17) is 4.74 Å².